The van der Waals surface area contributed by atoms with E-state index in [1.54, 1.807) is 0 Å². The van der Waals surface area contributed by atoms with Gasteiger partial charge in [0, 0.05) is 31.5 Å². The molecule has 2 aromatic rings. The molecule has 2 aliphatic carbocycles. The monoisotopic (exact) mass is 423 g/mol. The third-order valence-corrected chi connectivity index (χ3v) is 5.24. The number of amides is 2. The van der Waals surface area contributed by atoms with Crippen LogP contribution in [-0.2, 0) is 6.54 Å². The molecule has 2 aliphatic rings. The van der Waals surface area contributed by atoms with Gasteiger partial charge in [0.05, 0.1) is 6.20 Å². The summed E-state index contributed by atoms with van der Waals surface area (Å²) in [6.07, 6.45) is 1.85. The molecule has 0 spiro atoms. The van der Waals surface area contributed by atoms with E-state index < -0.39 is 53.6 Å². The van der Waals surface area contributed by atoms with Gasteiger partial charge in [-0.15, -0.1) is 0 Å². The molecule has 0 radical (unpaired) electrons. The van der Waals surface area contributed by atoms with E-state index in [-0.39, 0.29) is 29.7 Å². The van der Waals surface area contributed by atoms with Crippen LogP contribution < -0.4 is 16.2 Å². The molecule has 11 heteroatoms. The van der Waals surface area contributed by atoms with Crippen LogP contribution in [0.4, 0.5) is 8.78 Å². The quantitative estimate of drug-likeness (QED) is 0.647. The van der Waals surface area contributed by atoms with Crippen LogP contribution in [0.15, 0.2) is 11.0 Å². The highest BCUT2D eigenvalue weighted by molar-refractivity contribution is 6.01. The molecule has 9 nitrogen and oxygen atoms in total. The zero-order chi connectivity index (χ0) is 21.8. The molecule has 0 atom stereocenters. The Hall–Kier alpha value is -2.98. The highest BCUT2D eigenvalue weighted by atomic mass is 19.3. The van der Waals surface area contributed by atoms with Crippen LogP contribution in [0.1, 0.15) is 60.2 Å². The van der Waals surface area contributed by atoms with E-state index in [1.165, 1.54) is 4.57 Å². The summed E-state index contributed by atoms with van der Waals surface area (Å²) in [5.41, 5.74) is -1.32. The molecule has 2 aromatic heterocycles. The standard InChI is InChI=1S/C19H23F2N5O4/c1-9(2)8-25-16-12(14(27)24-11-5-19(20,21)6-11)7-22-26(16)18(30)13(17(25)29)15(28)23-10-3-4-10/h7,9-11,29H,3-6,8H2,1-2H3,(H,23,28)(H,24,27). The normalized spacial score (nSPS) is 18.4. The number of nitrogens with zero attached hydrogens (tertiary/aromatic N) is 3. The lowest BCUT2D eigenvalue weighted by atomic mass is 9.88. The Kier molecular flexibility index (Phi) is 4.78. The number of nitrogens with one attached hydrogen (secondary N) is 2. The van der Waals surface area contributed by atoms with Crippen molar-refractivity contribution in [2.45, 2.75) is 64.1 Å². The first kappa shape index (κ1) is 20.3. The Balaban J connectivity index is 1.77. The van der Waals surface area contributed by atoms with E-state index >= 15 is 0 Å². The summed E-state index contributed by atoms with van der Waals surface area (Å²) in [6, 6.07) is -0.699. The average Bonchev–Trinajstić information content (AvgIpc) is 3.30. The minimum atomic E-state index is -2.79. The molecule has 2 saturated carbocycles. The van der Waals surface area contributed by atoms with Crippen LogP contribution in [0.25, 0.3) is 5.65 Å². The summed E-state index contributed by atoms with van der Waals surface area (Å²) in [5.74, 6) is -4.71. The molecule has 4 rings (SSSR count). The topological polar surface area (TPSA) is 118 Å². The average molecular weight is 423 g/mol. The number of aromatic hydroxyl groups is 1. The zero-order valence-corrected chi connectivity index (χ0v) is 16.6. The Morgan fingerprint density at radius 1 is 1.23 bits per heavy atom. The molecule has 162 valence electrons. The van der Waals surface area contributed by atoms with E-state index in [0.717, 1.165) is 23.6 Å². The third kappa shape index (κ3) is 3.63. The largest absolute Gasteiger partial charge is 0.494 e. The molecule has 30 heavy (non-hydrogen) atoms. The fourth-order valence-corrected chi connectivity index (χ4v) is 3.60. The number of rotatable bonds is 6. The summed E-state index contributed by atoms with van der Waals surface area (Å²) < 4.78 is 28.4. The molecule has 0 aromatic carbocycles. The fraction of sp³-hybridized carbons (Fsp3) is 0.579. The highest BCUT2D eigenvalue weighted by Crippen LogP contribution is 2.37. The fourth-order valence-electron chi connectivity index (χ4n) is 3.60. The van der Waals surface area contributed by atoms with Crippen molar-refractivity contribution in [3.63, 3.8) is 0 Å². The summed E-state index contributed by atoms with van der Waals surface area (Å²) >= 11 is 0. The molecule has 2 amide bonds. The summed E-state index contributed by atoms with van der Waals surface area (Å²) in [5, 5.41) is 19.9. The van der Waals surface area contributed by atoms with Gasteiger partial charge >= 0.3 is 0 Å². The van der Waals surface area contributed by atoms with Gasteiger partial charge in [-0.05, 0) is 18.8 Å². The van der Waals surface area contributed by atoms with Crippen LogP contribution in [0.3, 0.4) is 0 Å². The van der Waals surface area contributed by atoms with E-state index in [2.05, 4.69) is 15.7 Å². The van der Waals surface area contributed by atoms with Gasteiger partial charge in [0.15, 0.2) is 11.2 Å². The SMILES string of the molecule is CC(C)Cn1c(O)c(C(=O)NC2CC2)c(=O)n2ncc(C(=O)NC3CC(F)(F)C3)c12. The molecule has 2 heterocycles. The highest BCUT2D eigenvalue weighted by Gasteiger charge is 2.46. The first-order valence-corrected chi connectivity index (χ1v) is 9.90. The number of halogens is 2. The number of hydrogen-bond donors (Lipinski definition) is 3. The van der Waals surface area contributed by atoms with Crippen molar-refractivity contribution in [2.75, 3.05) is 0 Å². The van der Waals surface area contributed by atoms with Crippen LogP contribution in [0, 0.1) is 5.92 Å². The van der Waals surface area contributed by atoms with Gasteiger partial charge in [0.25, 0.3) is 23.3 Å². The van der Waals surface area contributed by atoms with Gasteiger partial charge < -0.3 is 15.7 Å². The van der Waals surface area contributed by atoms with E-state index in [0.29, 0.717) is 0 Å². The second-order valence-corrected chi connectivity index (χ2v) is 8.48. The second kappa shape index (κ2) is 7.06. The number of carbonyl (C=O) groups excluding carboxylic acids is 2. The zero-order valence-electron chi connectivity index (χ0n) is 16.6. The van der Waals surface area contributed by atoms with Crippen LogP contribution in [0.5, 0.6) is 5.88 Å². The second-order valence-electron chi connectivity index (χ2n) is 8.48. The van der Waals surface area contributed by atoms with E-state index in [1.807, 2.05) is 13.8 Å². The predicted octanol–water partition coefficient (Wildman–Crippen LogP) is 1.28. The van der Waals surface area contributed by atoms with Gasteiger partial charge in [-0.2, -0.15) is 9.61 Å². The molecular formula is C19H23F2N5O4. The smallest absolute Gasteiger partial charge is 0.291 e. The maximum atomic E-state index is 13.1. The number of aromatic nitrogens is 3. The van der Waals surface area contributed by atoms with Gasteiger partial charge in [-0.1, -0.05) is 13.8 Å². The van der Waals surface area contributed by atoms with Gasteiger partial charge in [-0.25, -0.2) is 8.78 Å². The van der Waals surface area contributed by atoms with Crippen LogP contribution in [0.2, 0.25) is 0 Å². The molecule has 0 unspecified atom stereocenters. The number of carbonyl (C=O) groups is 2. The van der Waals surface area contributed by atoms with Crippen molar-refractivity contribution in [1.82, 2.24) is 24.8 Å². The van der Waals surface area contributed by atoms with Gasteiger partial charge in [0.1, 0.15) is 5.56 Å². The van der Waals surface area contributed by atoms with E-state index in [4.69, 9.17) is 0 Å². The Labute approximate surface area is 170 Å². The molecule has 0 aliphatic heterocycles. The molecule has 3 N–H and O–H groups in total. The Bertz CT molecular complexity index is 1080. The van der Waals surface area contributed by atoms with E-state index in [9.17, 15) is 28.3 Å². The van der Waals surface area contributed by atoms with Gasteiger partial charge in [0.2, 0.25) is 5.88 Å². The van der Waals surface area contributed by atoms with Crippen molar-refractivity contribution in [3.05, 3.63) is 27.7 Å². The lowest BCUT2D eigenvalue weighted by molar-refractivity contribution is -0.0901. The number of fused-ring (bicyclic) bond motifs is 1. The summed E-state index contributed by atoms with van der Waals surface area (Å²) in [7, 11) is 0. The van der Waals surface area contributed by atoms with Crippen molar-refractivity contribution >= 4 is 17.5 Å². The molecule has 0 bridgehead atoms. The minimum absolute atomic E-state index is 0.00215. The first-order chi connectivity index (χ1) is 14.1. The lowest BCUT2D eigenvalue weighted by Gasteiger charge is -2.35. The summed E-state index contributed by atoms with van der Waals surface area (Å²) in [4.78, 5) is 38.1. The molecule has 2 fully saturated rings. The van der Waals surface area contributed by atoms with Crippen molar-refractivity contribution in [3.8, 4) is 5.88 Å². The summed E-state index contributed by atoms with van der Waals surface area (Å²) in [6.45, 7) is 3.93. The minimum Gasteiger partial charge on any atom is -0.494 e. The predicted molar refractivity (Wildman–Crippen MR) is 102 cm³/mol. The van der Waals surface area contributed by atoms with Crippen molar-refractivity contribution in [2.24, 2.45) is 5.92 Å². The van der Waals surface area contributed by atoms with Crippen molar-refractivity contribution < 1.29 is 23.5 Å². The maximum Gasteiger partial charge on any atom is 0.291 e. The van der Waals surface area contributed by atoms with Crippen LogP contribution >= 0.6 is 0 Å². The lowest BCUT2D eigenvalue weighted by Crippen LogP contribution is -2.50. The third-order valence-electron chi connectivity index (χ3n) is 5.24. The number of hydrogen-bond acceptors (Lipinski definition) is 5. The molecular weight excluding hydrogens is 400 g/mol. The first-order valence-electron chi connectivity index (χ1n) is 9.90. The Morgan fingerprint density at radius 3 is 2.43 bits per heavy atom. The molecule has 0 saturated heterocycles. The number of alkyl halides is 2. The Morgan fingerprint density at radius 2 is 1.87 bits per heavy atom. The van der Waals surface area contributed by atoms with Crippen LogP contribution in [-0.4, -0.2) is 49.1 Å². The van der Waals surface area contributed by atoms with Gasteiger partial charge in [-0.3, -0.25) is 19.0 Å². The van der Waals surface area contributed by atoms with Crippen molar-refractivity contribution in [1.29, 1.82) is 0 Å². The maximum absolute atomic E-state index is 13.1.